The minimum absolute atomic E-state index is 0.247. The van der Waals surface area contributed by atoms with Gasteiger partial charge in [-0.15, -0.1) is 0 Å². The van der Waals surface area contributed by atoms with E-state index in [9.17, 15) is 9.90 Å². The van der Waals surface area contributed by atoms with Crippen molar-refractivity contribution < 1.29 is 14.6 Å². The summed E-state index contributed by atoms with van der Waals surface area (Å²) in [6.45, 7) is 0. The lowest BCUT2D eigenvalue weighted by Crippen LogP contribution is -2.29. The second kappa shape index (κ2) is 8.79. The first kappa shape index (κ1) is 18.4. The highest BCUT2D eigenvalue weighted by Crippen LogP contribution is 2.32. The molecule has 1 atom stereocenters. The van der Waals surface area contributed by atoms with Crippen LogP contribution in [0, 0.1) is 0 Å². The Bertz CT molecular complexity index is 883. The minimum atomic E-state index is -1.02. The van der Waals surface area contributed by atoms with Crippen LogP contribution in [-0.4, -0.2) is 17.2 Å². The molecule has 0 aliphatic rings. The molecule has 1 unspecified atom stereocenters. The van der Waals surface area contributed by atoms with Gasteiger partial charge in [0.1, 0.15) is 5.75 Å². The van der Waals surface area contributed by atoms with E-state index in [4.69, 9.17) is 16.3 Å². The van der Waals surface area contributed by atoms with E-state index < -0.39 is 12.1 Å². The molecule has 5 heteroatoms. The Hall–Kier alpha value is -2.43. The summed E-state index contributed by atoms with van der Waals surface area (Å²) in [6, 6.07) is 24.6. The van der Waals surface area contributed by atoms with Crippen LogP contribution in [0.5, 0.6) is 5.75 Å². The molecule has 3 aromatic rings. The molecule has 0 aromatic heterocycles. The number of carboxylic acid groups (broad SMARTS) is 1. The third-order valence-electron chi connectivity index (χ3n) is 3.73. The van der Waals surface area contributed by atoms with Gasteiger partial charge in [-0.1, -0.05) is 71.9 Å². The molecule has 0 amide bonds. The van der Waals surface area contributed by atoms with Gasteiger partial charge in [0, 0.05) is 16.2 Å². The monoisotopic (exact) mass is 384 g/mol. The van der Waals surface area contributed by atoms with E-state index in [-0.39, 0.29) is 6.42 Å². The van der Waals surface area contributed by atoms with Crippen molar-refractivity contribution in [2.45, 2.75) is 22.3 Å². The maximum Gasteiger partial charge on any atom is 0.345 e. The lowest BCUT2D eigenvalue weighted by molar-refractivity contribution is -0.145. The quantitative estimate of drug-likeness (QED) is 0.578. The van der Waals surface area contributed by atoms with E-state index >= 15 is 0 Å². The van der Waals surface area contributed by atoms with Crippen LogP contribution in [0.2, 0.25) is 5.02 Å². The van der Waals surface area contributed by atoms with E-state index in [0.717, 1.165) is 15.4 Å². The molecule has 0 aliphatic carbocycles. The van der Waals surface area contributed by atoms with Crippen LogP contribution < -0.4 is 4.74 Å². The molecule has 132 valence electrons. The zero-order chi connectivity index (χ0) is 18.4. The zero-order valence-electron chi connectivity index (χ0n) is 13.8. The fourth-order valence-electron chi connectivity index (χ4n) is 2.46. The van der Waals surface area contributed by atoms with Gasteiger partial charge in [0.05, 0.1) is 5.02 Å². The van der Waals surface area contributed by atoms with Crippen molar-refractivity contribution in [3.63, 3.8) is 0 Å². The van der Waals surface area contributed by atoms with Crippen LogP contribution in [0.4, 0.5) is 0 Å². The Morgan fingerprint density at radius 2 is 1.62 bits per heavy atom. The molecule has 0 fully saturated rings. The van der Waals surface area contributed by atoms with Gasteiger partial charge in [-0.3, -0.25) is 0 Å². The van der Waals surface area contributed by atoms with Gasteiger partial charge < -0.3 is 9.84 Å². The summed E-state index contributed by atoms with van der Waals surface area (Å²) in [6.07, 6.45) is -0.774. The molecule has 26 heavy (non-hydrogen) atoms. The predicted molar refractivity (Wildman–Crippen MR) is 104 cm³/mol. The molecule has 1 N–H and O–H groups in total. The Balaban J connectivity index is 1.81. The summed E-state index contributed by atoms with van der Waals surface area (Å²) in [5.74, 6) is -0.654. The molecule has 3 rings (SSSR count). The number of carbonyl (C=O) groups is 1. The summed E-state index contributed by atoms with van der Waals surface area (Å²) < 4.78 is 5.68. The first-order valence-corrected chi connectivity index (χ1v) is 9.28. The Morgan fingerprint density at radius 1 is 0.962 bits per heavy atom. The molecule has 0 radical (unpaired) electrons. The summed E-state index contributed by atoms with van der Waals surface area (Å²) >= 11 is 7.70. The van der Waals surface area contributed by atoms with Crippen LogP contribution in [0.1, 0.15) is 5.56 Å². The molecule has 0 saturated heterocycles. The standard InChI is InChI=1S/C21H17ClO3S/c22-17-11-5-6-12-18(17)25-19(21(23)24)14-15-8-4-7-13-20(15)26-16-9-2-1-3-10-16/h1-13,19H,14H2,(H,23,24). The topological polar surface area (TPSA) is 46.5 Å². The highest BCUT2D eigenvalue weighted by atomic mass is 35.5. The van der Waals surface area contributed by atoms with Gasteiger partial charge in [0.15, 0.2) is 6.10 Å². The van der Waals surface area contributed by atoms with Gasteiger partial charge in [0.25, 0.3) is 0 Å². The Labute approximate surface area is 161 Å². The molecule has 0 heterocycles. The molecular weight excluding hydrogens is 368 g/mol. The number of hydrogen-bond donors (Lipinski definition) is 1. The number of hydrogen-bond acceptors (Lipinski definition) is 3. The summed E-state index contributed by atoms with van der Waals surface area (Å²) in [4.78, 5) is 13.8. The molecule has 0 aliphatic heterocycles. The number of benzene rings is 3. The van der Waals surface area contributed by atoms with Crippen molar-refractivity contribution in [2.75, 3.05) is 0 Å². The normalized spacial score (nSPS) is 11.7. The van der Waals surface area contributed by atoms with Crippen LogP contribution in [0.15, 0.2) is 88.7 Å². The lowest BCUT2D eigenvalue weighted by Gasteiger charge is -2.18. The van der Waals surface area contributed by atoms with E-state index in [2.05, 4.69) is 0 Å². The number of aliphatic carboxylic acids is 1. The number of halogens is 1. The van der Waals surface area contributed by atoms with Crippen LogP contribution >= 0.6 is 23.4 Å². The molecule has 3 aromatic carbocycles. The highest BCUT2D eigenvalue weighted by Gasteiger charge is 2.22. The Kier molecular flexibility index (Phi) is 6.21. The van der Waals surface area contributed by atoms with Gasteiger partial charge in [-0.25, -0.2) is 4.79 Å². The number of ether oxygens (including phenoxy) is 1. The molecule has 0 bridgehead atoms. The molecular formula is C21H17ClO3S. The third kappa shape index (κ3) is 4.81. The average molecular weight is 385 g/mol. The van der Waals surface area contributed by atoms with Crippen molar-refractivity contribution in [3.8, 4) is 5.75 Å². The molecule has 3 nitrogen and oxygen atoms in total. The maximum atomic E-state index is 11.7. The van der Waals surface area contributed by atoms with Gasteiger partial charge in [0.2, 0.25) is 0 Å². The van der Waals surface area contributed by atoms with Gasteiger partial charge in [-0.05, 0) is 35.9 Å². The largest absolute Gasteiger partial charge is 0.478 e. The van der Waals surface area contributed by atoms with Crippen molar-refractivity contribution >= 4 is 29.3 Å². The highest BCUT2D eigenvalue weighted by molar-refractivity contribution is 7.99. The summed E-state index contributed by atoms with van der Waals surface area (Å²) in [5.41, 5.74) is 0.917. The fraction of sp³-hybridized carbons (Fsp3) is 0.0952. The first-order valence-electron chi connectivity index (χ1n) is 8.08. The van der Waals surface area contributed by atoms with E-state index in [0.29, 0.717) is 10.8 Å². The Morgan fingerprint density at radius 3 is 2.35 bits per heavy atom. The maximum absolute atomic E-state index is 11.7. The van der Waals surface area contributed by atoms with E-state index in [1.54, 1.807) is 36.0 Å². The van der Waals surface area contributed by atoms with Crippen molar-refractivity contribution in [2.24, 2.45) is 0 Å². The second-order valence-corrected chi connectivity index (χ2v) is 7.12. The number of carboxylic acids is 1. The number of rotatable bonds is 7. The zero-order valence-corrected chi connectivity index (χ0v) is 15.4. The van der Waals surface area contributed by atoms with Crippen molar-refractivity contribution in [1.29, 1.82) is 0 Å². The van der Waals surface area contributed by atoms with Crippen molar-refractivity contribution in [1.82, 2.24) is 0 Å². The second-order valence-electron chi connectivity index (χ2n) is 5.60. The summed E-state index contributed by atoms with van der Waals surface area (Å²) in [5, 5.41) is 9.99. The van der Waals surface area contributed by atoms with Crippen LogP contribution in [0.25, 0.3) is 0 Å². The first-order chi connectivity index (χ1) is 12.6. The number of para-hydroxylation sites is 1. The molecule has 0 saturated carbocycles. The summed E-state index contributed by atoms with van der Waals surface area (Å²) in [7, 11) is 0. The average Bonchev–Trinajstić information content (AvgIpc) is 2.65. The fourth-order valence-corrected chi connectivity index (χ4v) is 3.62. The minimum Gasteiger partial charge on any atom is -0.478 e. The van der Waals surface area contributed by atoms with Crippen LogP contribution in [0.3, 0.4) is 0 Å². The van der Waals surface area contributed by atoms with E-state index in [1.165, 1.54) is 0 Å². The lowest BCUT2D eigenvalue weighted by atomic mass is 10.1. The van der Waals surface area contributed by atoms with Gasteiger partial charge in [-0.2, -0.15) is 0 Å². The van der Waals surface area contributed by atoms with Crippen molar-refractivity contribution in [3.05, 3.63) is 89.4 Å². The predicted octanol–water partition coefficient (Wildman–Crippen LogP) is 5.57. The van der Waals surface area contributed by atoms with E-state index in [1.807, 2.05) is 54.6 Å². The third-order valence-corrected chi connectivity index (χ3v) is 5.17. The SMILES string of the molecule is O=C(O)C(Cc1ccccc1Sc1ccccc1)Oc1ccccc1Cl. The smallest absolute Gasteiger partial charge is 0.345 e. The van der Waals surface area contributed by atoms with Crippen LogP contribution in [-0.2, 0) is 11.2 Å². The van der Waals surface area contributed by atoms with Gasteiger partial charge >= 0.3 is 5.97 Å². The molecule has 0 spiro atoms.